The van der Waals surface area contributed by atoms with Gasteiger partial charge in [0.1, 0.15) is 6.04 Å². The number of carboxylic acid groups (broad SMARTS) is 1. The number of aromatic nitrogens is 1. The minimum atomic E-state index is -1.12. The molecule has 0 aliphatic carbocycles. The highest BCUT2D eigenvalue weighted by Crippen LogP contribution is 2.37. The third kappa shape index (κ3) is 5.44. The Morgan fingerprint density at radius 3 is 2.31 bits per heavy atom. The molecule has 0 aliphatic rings. The number of rotatable bonds is 7. The number of thioether (sulfide) groups is 2. The van der Waals surface area contributed by atoms with Crippen LogP contribution in [0.5, 0.6) is 0 Å². The van der Waals surface area contributed by atoms with Crippen molar-refractivity contribution in [3.63, 3.8) is 0 Å². The van der Waals surface area contributed by atoms with Gasteiger partial charge in [-0.05, 0) is 47.8 Å². The van der Waals surface area contributed by atoms with Gasteiger partial charge in [-0.1, -0.05) is 36.0 Å². The van der Waals surface area contributed by atoms with Gasteiger partial charge in [-0.2, -0.15) is 0 Å². The first-order chi connectivity index (χ1) is 14.0. The largest absolute Gasteiger partial charge is 0.480 e. The summed E-state index contributed by atoms with van der Waals surface area (Å²) in [5.41, 5.74) is 5.97. The van der Waals surface area contributed by atoms with E-state index in [-0.39, 0.29) is 23.1 Å². The SMILES string of the molecule is N[C@@H](CCC(=O)Sc1cccc2cccc(SC(=O)c3cccnc3)c12)C(=O)O. The van der Waals surface area contributed by atoms with E-state index in [9.17, 15) is 14.4 Å². The second-order valence-corrected chi connectivity index (χ2v) is 8.31. The van der Waals surface area contributed by atoms with Gasteiger partial charge in [-0.25, -0.2) is 0 Å². The molecule has 0 saturated carbocycles. The van der Waals surface area contributed by atoms with E-state index in [0.29, 0.717) is 5.56 Å². The van der Waals surface area contributed by atoms with Crippen molar-refractivity contribution in [2.45, 2.75) is 28.7 Å². The normalized spacial score (nSPS) is 11.9. The van der Waals surface area contributed by atoms with Gasteiger partial charge in [0.15, 0.2) is 5.12 Å². The van der Waals surface area contributed by atoms with Crippen LogP contribution in [-0.2, 0) is 9.59 Å². The highest BCUT2D eigenvalue weighted by molar-refractivity contribution is 8.15. The van der Waals surface area contributed by atoms with E-state index in [2.05, 4.69) is 4.98 Å². The van der Waals surface area contributed by atoms with E-state index < -0.39 is 12.0 Å². The maximum Gasteiger partial charge on any atom is 0.320 e. The standard InChI is InChI=1S/C21H18N2O4S2/c22-15(20(25)26)9-10-18(24)28-16-7-1-4-13-5-2-8-17(19(13)16)29-21(27)14-6-3-11-23-12-14/h1-8,11-12,15H,9-10,22H2,(H,25,26)/t15-/m0/s1. The molecule has 3 aromatic rings. The number of nitrogens with zero attached hydrogens (tertiary/aromatic N) is 1. The van der Waals surface area contributed by atoms with E-state index in [1.165, 1.54) is 6.20 Å². The third-order valence-corrected chi connectivity index (χ3v) is 6.10. The summed E-state index contributed by atoms with van der Waals surface area (Å²) in [5, 5.41) is 10.3. The molecule has 29 heavy (non-hydrogen) atoms. The fourth-order valence-corrected chi connectivity index (χ4v) is 4.58. The monoisotopic (exact) mass is 426 g/mol. The number of aliphatic carboxylic acids is 1. The lowest BCUT2D eigenvalue weighted by atomic mass is 10.1. The molecule has 0 unspecified atom stereocenters. The van der Waals surface area contributed by atoms with Crippen LogP contribution in [-0.4, -0.2) is 32.3 Å². The summed E-state index contributed by atoms with van der Waals surface area (Å²) >= 11 is 2.13. The highest BCUT2D eigenvalue weighted by Gasteiger charge is 2.17. The summed E-state index contributed by atoms with van der Waals surface area (Å²) in [6, 6.07) is 13.6. The number of carbonyl (C=O) groups excluding carboxylic acids is 2. The number of carbonyl (C=O) groups is 3. The van der Waals surface area contributed by atoms with Gasteiger partial charge < -0.3 is 10.8 Å². The molecule has 1 atom stereocenters. The van der Waals surface area contributed by atoms with Crippen molar-refractivity contribution in [1.82, 2.24) is 4.98 Å². The highest BCUT2D eigenvalue weighted by atomic mass is 32.2. The zero-order valence-corrected chi connectivity index (χ0v) is 16.9. The van der Waals surface area contributed by atoms with Crippen molar-refractivity contribution in [2.75, 3.05) is 0 Å². The number of benzene rings is 2. The summed E-state index contributed by atoms with van der Waals surface area (Å²) in [4.78, 5) is 41.3. The molecule has 1 aromatic heterocycles. The molecule has 0 aliphatic heterocycles. The molecule has 3 N–H and O–H groups in total. The van der Waals surface area contributed by atoms with Crippen LogP contribution >= 0.6 is 23.5 Å². The van der Waals surface area contributed by atoms with Crippen LogP contribution in [0.15, 0.2) is 70.7 Å². The molecule has 1 heterocycles. The van der Waals surface area contributed by atoms with Crippen LogP contribution in [0.2, 0.25) is 0 Å². The fourth-order valence-electron chi connectivity index (χ4n) is 2.66. The van der Waals surface area contributed by atoms with Gasteiger partial charge in [0.25, 0.3) is 0 Å². The van der Waals surface area contributed by atoms with Crippen LogP contribution in [0.1, 0.15) is 23.2 Å². The predicted octanol–water partition coefficient (Wildman–Crippen LogP) is 3.98. The van der Waals surface area contributed by atoms with Crippen LogP contribution in [0, 0.1) is 0 Å². The summed E-state index contributed by atoms with van der Waals surface area (Å²) in [6.45, 7) is 0. The molecule has 148 valence electrons. The van der Waals surface area contributed by atoms with Crippen molar-refractivity contribution in [2.24, 2.45) is 5.73 Å². The van der Waals surface area contributed by atoms with Crippen LogP contribution in [0.3, 0.4) is 0 Å². The molecule has 0 radical (unpaired) electrons. The van der Waals surface area contributed by atoms with Gasteiger partial charge in [0.05, 0.1) is 0 Å². The van der Waals surface area contributed by atoms with Crippen LogP contribution in [0.4, 0.5) is 0 Å². The Morgan fingerprint density at radius 2 is 1.69 bits per heavy atom. The van der Waals surface area contributed by atoms with Gasteiger partial charge in [-0.15, -0.1) is 0 Å². The zero-order chi connectivity index (χ0) is 20.8. The van der Waals surface area contributed by atoms with Crippen molar-refractivity contribution in [3.05, 3.63) is 66.5 Å². The zero-order valence-electron chi connectivity index (χ0n) is 15.3. The number of nitrogens with two attached hydrogens (primary N) is 1. The van der Waals surface area contributed by atoms with Crippen molar-refractivity contribution >= 4 is 50.5 Å². The lowest BCUT2D eigenvalue weighted by Gasteiger charge is -2.11. The summed E-state index contributed by atoms with van der Waals surface area (Å²) < 4.78 is 0. The smallest absolute Gasteiger partial charge is 0.320 e. The summed E-state index contributed by atoms with van der Waals surface area (Å²) in [5.74, 6) is -1.12. The first kappa shape index (κ1) is 21.0. The van der Waals surface area contributed by atoms with Gasteiger partial charge in [-0.3, -0.25) is 19.4 Å². The second kappa shape index (κ2) is 9.69. The number of hydrogen-bond donors (Lipinski definition) is 2. The third-order valence-electron chi connectivity index (χ3n) is 4.13. The van der Waals surface area contributed by atoms with E-state index in [1.807, 2.05) is 36.4 Å². The van der Waals surface area contributed by atoms with Crippen molar-refractivity contribution < 1.29 is 19.5 Å². The van der Waals surface area contributed by atoms with E-state index in [0.717, 1.165) is 44.1 Å². The Kier molecular flexibility index (Phi) is 7.03. The van der Waals surface area contributed by atoms with E-state index in [1.54, 1.807) is 18.3 Å². The molecule has 0 amide bonds. The topological polar surface area (TPSA) is 110 Å². The molecule has 8 heteroatoms. The molecule has 2 aromatic carbocycles. The lowest BCUT2D eigenvalue weighted by Crippen LogP contribution is -2.30. The molecule has 6 nitrogen and oxygen atoms in total. The average Bonchev–Trinajstić information content (AvgIpc) is 2.72. The lowest BCUT2D eigenvalue weighted by molar-refractivity contribution is -0.138. The first-order valence-electron chi connectivity index (χ1n) is 8.78. The second-order valence-electron chi connectivity index (χ2n) is 6.20. The molecule has 0 fully saturated rings. The molecule has 0 spiro atoms. The minimum Gasteiger partial charge on any atom is -0.480 e. The van der Waals surface area contributed by atoms with E-state index >= 15 is 0 Å². The van der Waals surface area contributed by atoms with E-state index in [4.69, 9.17) is 10.8 Å². The van der Waals surface area contributed by atoms with Crippen LogP contribution in [0.25, 0.3) is 10.8 Å². The number of pyridine rings is 1. The number of hydrogen-bond acceptors (Lipinski definition) is 7. The Hall–Kier alpha value is -2.68. The maximum absolute atomic E-state index is 12.6. The molecule has 0 bridgehead atoms. The van der Waals surface area contributed by atoms with Gasteiger partial charge in [0.2, 0.25) is 5.12 Å². The number of fused-ring (bicyclic) bond motifs is 1. The fraction of sp³-hybridized carbons (Fsp3) is 0.143. The Bertz CT molecular complexity index is 1050. The number of carboxylic acids is 1. The quantitative estimate of drug-likeness (QED) is 0.546. The summed E-state index contributed by atoms with van der Waals surface area (Å²) in [7, 11) is 0. The first-order valence-corrected chi connectivity index (χ1v) is 10.4. The molecular formula is C21H18N2O4S2. The van der Waals surface area contributed by atoms with Gasteiger partial charge >= 0.3 is 5.97 Å². The minimum absolute atomic E-state index is 0.0540. The summed E-state index contributed by atoms with van der Waals surface area (Å²) in [6.07, 6.45) is 3.26. The average molecular weight is 427 g/mol. The Morgan fingerprint density at radius 1 is 1.00 bits per heavy atom. The van der Waals surface area contributed by atoms with Crippen molar-refractivity contribution in [3.8, 4) is 0 Å². The molecule has 0 saturated heterocycles. The molecule has 3 rings (SSSR count). The van der Waals surface area contributed by atoms with Gasteiger partial charge in [0, 0.05) is 39.6 Å². The van der Waals surface area contributed by atoms with Crippen LogP contribution < -0.4 is 5.73 Å². The Balaban J connectivity index is 1.84. The predicted molar refractivity (Wildman–Crippen MR) is 114 cm³/mol. The molecular weight excluding hydrogens is 408 g/mol. The maximum atomic E-state index is 12.6. The van der Waals surface area contributed by atoms with Crippen molar-refractivity contribution in [1.29, 1.82) is 0 Å². The Labute approximate surface area is 175 Å².